The number of thiocarbonyl (C=S) groups is 1. The number of hydrogen-bond donors (Lipinski definition) is 0. The summed E-state index contributed by atoms with van der Waals surface area (Å²) >= 11 is 6.63. The minimum absolute atomic E-state index is 0.202. The van der Waals surface area contributed by atoms with Crippen LogP contribution in [0.4, 0.5) is 0 Å². The molecule has 2 heterocycles. The molecule has 0 bridgehead atoms. The van der Waals surface area contributed by atoms with E-state index in [0.717, 1.165) is 32.1 Å². The molecule has 18 heavy (non-hydrogen) atoms. The third kappa shape index (κ3) is 2.99. The van der Waals surface area contributed by atoms with E-state index in [2.05, 4.69) is 11.8 Å². The minimum Gasteiger partial charge on any atom is -0.475 e. The van der Waals surface area contributed by atoms with Crippen molar-refractivity contribution >= 4 is 34.3 Å². The van der Waals surface area contributed by atoms with Gasteiger partial charge in [0.2, 0.25) is 10.3 Å². The summed E-state index contributed by atoms with van der Waals surface area (Å²) in [6.45, 7) is 2.17. The van der Waals surface area contributed by atoms with Gasteiger partial charge in [-0.1, -0.05) is 25.1 Å². The van der Waals surface area contributed by atoms with Crippen LogP contribution in [0.1, 0.15) is 45.4 Å². The number of hydrogen-bond acceptors (Lipinski definition) is 4. The average Bonchev–Trinajstić information content (AvgIpc) is 2.71. The van der Waals surface area contributed by atoms with Crippen molar-refractivity contribution in [1.82, 2.24) is 4.90 Å². The van der Waals surface area contributed by atoms with Gasteiger partial charge in [0.05, 0.1) is 0 Å². The normalized spacial score (nSPS) is 31.3. The molecule has 0 N–H and O–H groups in total. The standard InChI is InChI=1S/C13H21NO2S2/c1-3-4-9-7-11(16-13(17)18-2)8-10-5-6-12(15)14(9)10/h9-11H,3-8H2,1-2H3/t9-,10-,11-/m1/s1. The summed E-state index contributed by atoms with van der Waals surface area (Å²) in [7, 11) is 0. The second-order valence-corrected chi connectivity index (χ2v) is 6.51. The molecule has 3 nitrogen and oxygen atoms in total. The lowest BCUT2D eigenvalue weighted by atomic mass is 9.91. The molecule has 2 rings (SSSR count). The van der Waals surface area contributed by atoms with Crippen LogP contribution in [-0.4, -0.2) is 39.6 Å². The number of rotatable bonds is 3. The van der Waals surface area contributed by atoms with Gasteiger partial charge in [0, 0.05) is 31.3 Å². The molecule has 0 radical (unpaired) electrons. The topological polar surface area (TPSA) is 29.5 Å². The largest absolute Gasteiger partial charge is 0.475 e. The van der Waals surface area contributed by atoms with E-state index in [1.54, 1.807) is 0 Å². The van der Waals surface area contributed by atoms with E-state index in [4.69, 9.17) is 17.0 Å². The third-order valence-electron chi connectivity index (χ3n) is 3.89. The number of nitrogens with zero attached hydrogens (tertiary/aromatic N) is 1. The Kier molecular flexibility index (Phi) is 4.90. The SMILES string of the molecule is CCC[C@@H]1C[C@@H](OC(=S)SC)C[C@H]2CCC(=O)N12. The van der Waals surface area contributed by atoms with Crippen molar-refractivity contribution < 1.29 is 9.53 Å². The Balaban J connectivity index is 2.02. The number of piperidine rings is 1. The molecule has 0 aliphatic carbocycles. The zero-order valence-electron chi connectivity index (χ0n) is 11.1. The van der Waals surface area contributed by atoms with Crippen molar-refractivity contribution in [2.24, 2.45) is 0 Å². The summed E-state index contributed by atoms with van der Waals surface area (Å²) in [6, 6.07) is 0.746. The molecule has 2 aliphatic rings. The lowest BCUT2D eigenvalue weighted by molar-refractivity contribution is -0.134. The first-order valence-corrected chi connectivity index (χ1v) is 8.34. The van der Waals surface area contributed by atoms with Gasteiger partial charge >= 0.3 is 0 Å². The van der Waals surface area contributed by atoms with E-state index in [-0.39, 0.29) is 6.10 Å². The van der Waals surface area contributed by atoms with E-state index in [9.17, 15) is 4.79 Å². The average molecular weight is 287 g/mol. The molecule has 1 amide bonds. The Labute approximate surface area is 119 Å². The van der Waals surface area contributed by atoms with Gasteiger partial charge < -0.3 is 9.64 Å². The predicted octanol–water partition coefficient (Wildman–Crippen LogP) is 2.97. The number of ether oxygens (including phenoxy) is 1. The maximum absolute atomic E-state index is 11.9. The van der Waals surface area contributed by atoms with Gasteiger partial charge in [-0.05, 0) is 31.3 Å². The summed E-state index contributed by atoms with van der Waals surface area (Å²) < 4.78 is 6.45. The van der Waals surface area contributed by atoms with Crippen molar-refractivity contribution in [3.63, 3.8) is 0 Å². The minimum atomic E-state index is 0.202. The van der Waals surface area contributed by atoms with Crippen LogP contribution in [0.3, 0.4) is 0 Å². The quantitative estimate of drug-likeness (QED) is 0.746. The van der Waals surface area contributed by atoms with E-state index in [1.165, 1.54) is 11.8 Å². The fraction of sp³-hybridized carbons (Fsp3) is 0.846. The van der Waals surface area contributed by atoms with E-state index >= 15 is 0 Å². The van der Waals surface area contributed by atoms with Crippen molar-refractivity contribution in [1.29, 1.82) is 0 Å². The highest BCUT2D eigenvalue weighted by Gasteiger charge is 2.42. The number of carbonyl (C=O) groups is 1. The Morgan fingerprint density at radius 3 is 3.00 bits per heavy atom. The van der Waals surface area contributed by atoms with Crippen molar-refractivity contribution in [3.05, 3.63) is 0 Å². The van der Waals surface area contributed by atoms with Gasteiger partial charge in [0.15, 0.2) is 0 Å². The summed E-state index contributed by atoms with van der Waals surface area (Å²) in [5.41, 5.74) is 0. The maximum Gasteiger partial charge on any atom is 0.223 e. The molecule has 0 aromatic heterocycles. The highest BCUT2D eigenvalue weighted by molar-refractivity contribution is 8.22. The maximum atomic E-state index is 11.9. The highest BCUT2D eigenvalue weighted by atomic mass is 32.2. The first kappa shape index (κ1) is 14.1. The molecular weight excluding hydrogens is 266 g/mol. The Morgan fingerprint density at radius 2 is 2.33 bits per heavy atom. The lowest BCUT2D eigenvalue weighted by Crippen LogP contribution is -2.50. The molecule has 2 fully saturated rings. The second-order valence-electron chi connectivity index (χ2n) is 5.10. The molecule has 0 aromatic carbocycles. The van der Waals surface area contributed by atoms with Crippen molar-refractivity contribution in [2.45, 2.75) is 63.6 Å². The Bertz CT molecular complexity index is 335. The van der Waals surface area contributed by atoms with Crippen molar-refractivity contribution in [3.8, 4) is 0 Å². The Morgan fingerprint density at radius 1 is 1.56 bits per heavy atom. The zero-order chi connectivity index (χ0) is 13.1. The molecule has 2 aliphatic heterocycles. The fourth-order valence-corrected chi connectivity index (χ4v) is 3.55. The van der Waals surface area contributed by atoms with Crippen LogP contribution in [0, 0.1) is 0 Å². The molecular formula is C13H21NO2S2. The number of thioether (sulfide) groups is 1. The Hall–Kier alpha value is -0.290. The van der Waals surface area contributed by atoms with E-state index < -0.39 is 0 Å². The fourth-order valence-electron chi connectivity index (χ4n) is 3.18. The van der Waals surface area contributed by atoms with Gasteiger partial charge in [0.25, 0.3) is 0 Å². The van der Waals surface area contributed by atoms with Gasteiger partial charge in [0.1, 0.15) is 6.10 Å². The van der Waals surface area contributed by atoms with Gasteiger partial charge in [-0.25, -0.2) is 0 Å². The van der Waals surface area contributed by atoms with E-state index in [0.29, 0.717) is 28.8 Å². The number of carbonyl (C=O) groups excluding carboxylic acids is 1. The molecule has 102 valence electrons. The highest BCUT2D eigenvalue weighted by Crippen LogP contribution is 2.35. The zero-order valence-corrected chi connectivity index (χ0v) is 12.7. The molecule has 0 aromatic rings. The molecule has 2 saturated heterocycles. The molecule has 3 atom stereocenters. The van der Waals surface area contributed by atoms with Crippen LogP contribution in [0.5, 0.6) is 0 Å². The molecule has 0 saturated carbocycles. The van der Waals surface area contributed by atoms with Crippen LogP contribution < -0.4 is 0 Å². The smallest absolute Gasteiger partial charge is 0.223 e. The van der Waals surface area contributed by atoms with Gasteiger partial charge in [-0.2, -0.15) is 0 Å². The summed E-state index contributed by atoms with van der Waals surface area (Å²) in [4.78, 5) is 14.1. The predicted molar refractivity (Wildman–Crippen MR) is 78.8 cm³/mol. The molecule has 0 unspecified atom stereocenters. The summed E-state index contributed by atoms with van der Waals surface area (Å²) in [6.07, 6.45) is 7.93. The van der Waals surface area contributed by atoms with Crippen LogP contribution in [0.15, 0.2) is 0 Å². The molecule has 0 spiro atoms. The third-order valence-corrected chi connectivity index (χ3v) is 4.91. The van der Waals surface area contributed by atoms with Crippen LogP contribution >= 0.6 is 24.0 Å². The first-order valence-electron chi connectivity index (χ1n) is 6.71. The first-order chi connectivity index (χ1) is 8.65. The van der Waals surface area contributed by atoms with Gasteiger partial charge in [-0.15, -0.1) is 0 Å². The van der Waals surface area contributed by atoms with Gasteiger partial charge in [-0.3, -0.25) is 4.79 Å². The van der Waals surface area contributed by atoms with Crippen LogP contribution in [0.25, 0.3) is 0 Å². The summed E-state index contributed by atoms with van der Waals surface area (Å²) in [5.74, 6) is 0.337. The van der Waals surface area contributed by atoms with Crippen molar-refractivity contribution in [2.75, 3.05) is 6.26 Å². The number of amides is 1. The van der Waals surface area contributed by atoms with Crippen LogP contribution in [0.2, 0.25) is 0 Å². The van der Waals surface area contributed by atoms with E-state index in [1.807, 2.05) is 6.26 Å². The lowest BCUT2D eigenvalue weighted by Gasteiger charge is -2.41. The number of fused-ring (bicyclic) bond motifs is 1. The monoisotopic (exact) mass is 287 g/mol. The van der Waals surface area contributed by atoms with Crippen LogP contribution in [-0.2, 0) is 9.53 Å². The molecule has 5 heteroatoms. The second kappa shape index (κ2) is 6.24. The summed E-state index contributed by atoms with van der Waals surface area (Å²) in [5, 5.41) is 0.